The number of amides is 1. The van der Waals surface area contributed by atoms with Crippen molar-refractivity contribution in [1.29, 1.82) is 0 Å². The van der Waals surface area contributed by atoms with Crippen LogP contribution in [0, 0.1) is 11.3 Å². The number of nitrogens with one attached hydrogen (secondary N) is 2. The van der Waals surface area contributed by atoms with E-state index in [0.717, 1.165) is 24.2 Å². The van der Waals surface area contributed by atoms with E-state index in [-0.39, 0.29) is 11.8 Å². The first-order valence-corrected chi connectivity index (χ1v) is 8.92. The number of anilines is 2. The maximum atomic E-state index is 11.7. The normalized spacial score (nSPS) is 24.4. The van der Waals surface area contributed by atoms with Gasteiger partial charge >= 0.3 is 0 Å². The van der Waals surface area contributed by atoms with Crippen molar-refractivity contribution in [2.75, 3.05) is 22.1 Å². The smallest absolute Gasteiger partial charge is 0.227 e. The Morgan fingerprint density at radius 2 is 1.86 bits per heavy atom. The van der Waals surface area contributed by atoms with Crippen LogP contribution in [0.1, 0.15) is 33.1 Å². The van der Waals surface area contributed by atoms with Gasteiger partial charge in [-0.1, -0.05) is 13.8 Å². The first-order chi connectivity index (χ1) is 10.0. The monoisotopic (exact) mass is 304 g/mol. The largest absolute Gasteiger partial charge is 0.381 e. The van der Waals surface area contributed by atoms with E-state index in [1.165, 1.54) is 17.9 Å². The van der Waals surface area contributed by atoms with Gasteiger partial charge in [0.05, 0.1) is 0 Å². The van der Waals surface area contributed by atoms with Crippen molar-refractivity contribution in [3.63, 3.8) is 0 Å². The molecule has 1 amide bonds. The third-order valence-corrected chi connectivity index (χ3v) is 5.71. The van der Waals surface area contributed by atoms with Crippen LogP contribution in [0.4, 0.5) is 11.4 Å². The second-order valence-electron chi connectivity index (χ2n) is 7.07. The molecule has 1 heterocycles. The lowest BCUT2D eigenvalue weighted by Crippen LogP contribution is -2.35. The van der Waals surface area contributed by atoms with E-state index in [4.69, 9.17) is 0 Å². The lowest BCUT2D eigenvalue weighted by molar-refractivity contribution is -0.117. The highest BCUT2D eigenvalue weighted by Crippen LogP contribution is 2.35. The van der Waals surface area contributed by atoms with E-state index in [1.54, 1.807) is 0 Å². The summed E-state index contributed by atoms with van der Waals surface area (Å²) in [6, 6.07) is 8.64. The van der Waals surface area contributed by atoms with Crippen LogP contribution < -0.4 is 10.6 Å². The van der Waals surface area contributed by atoms with Gasteiger partial charge in [-0.25, -0.2) is 0 Å². The average Bonchev–Trinajstić information content (AvgIpc) is 3.24. The van der Waals surface area contributed by atoms with E-state index in [0.29, 0.717) is 11.5 Å². The Labute approximate surface area is 131 Å². The molecule has 1 aromatic carbocycles. The summed E-state index contributed by atoms with van der Waals surface area (Å²) in [6.45, 7) is 4.68. The molecule has 3 nitrogen and oxygen atoms in total. The second kappa shape index (κ2) is 5.91. The third-order valence-electron chi connectivity index (χ3n) is 4.08. The Morgan fingerprint density at radius 1 is 1.19 bits per heavy atom. The lowest BCUT2D eigenvalue weighted by atomic mass is 9.88. The first kappa shape index (κ1) is 14.8. The Balaban J connectivity index is 1.55. The van der Waals surface area contributed by atoms with Crippen LogP contribution in [-0.4, -0.2) is 23.5 Å². The molecule has 1 atom stereocenters. The number of carbonyl (C=O) groups is 1. The van der Waals surface area contributed by atoms with E-state index in [2.05, 4.69) is 36.6 Å². The molecule has 0 spiro atoms. The highest BCUT2D eigenvalue weighted by atomic mass is 32.2. The van der Waals surface area contributed by atoms with Crippen LogP contribution in [0.5, 0.6) is 0 Å². The minimum Gasteiger partial charge on any atom is -0.381 e. The van der Waals surface area contributed by atoms with Crippen LogP contribution >= 0.6 is 11.8 Å². The number of benzene rings is 1. The minimum atomic E-state index is 0.168. The number of hydrogen-bond acceptors (Lipinski definition) is 3. The Bertz CT molecular complexity index is 508. The quantitative estimate of drug-likeness (QED) is 0.884. The second-order valence-corrected chi connectivity index (χ2v) is 8.10. The zero-order chi connectivity index (χ0) is 14.9. The molecule has 1 saturated heterocycles. The van der Waals surface area contributed by atoms with Crippen molar-refractivity contribution in [1.82, 2.24) is 0 Å². The maximum Gasteiger partial charge on any atom is 0.227 e. The molecule has 1 aromatic rings. The fraction of sp³-hybridized carbons (Fsp3) is 0.588. The van der Waals surface area contributed by atoms with Gasteiger partial charge in [0.2, 0.25) is 5.91 Å². The van der Waals surface area contributed by atoms with Crippen LogP contribution in [0.15, 0.2) is 24.3 Å². The van der Waals surface area contributed by atoms with Crippen molar-refractivity contribution in [2.45, 2.75) is 39.2 Å². The molecule has 1 saturated carbocycles. The van der Waals surface area contributed by atoms with E-state index in [1.807, 2.05) is 23.9 Å². The molecule has 0 radical (unpaired) electrons. The summed E-state index contributed by atoms with van der Waals surface area (Å²) in [5, 5.41) is 6.60. The van der Waals surface area contributed by atoms with Gasteiger partial charge in [0.25, 0.3) is 0 Å². The Hall–Kier alpha value is -1.16. The van der Waals surface area contributed by atoms with E-state index in [9.17, 15) is 4.79 Å². The molecule has 2 N–H and O–H groups in total. The predicted molar refractivity (Wildman–Crippen MR) is 90.9 cm³/mol. The topological polar surface area (TPSA) is 41.1 Å². The molecule has 2 fully saturated rings. The van der Waals surface area contributed by atoms with Crippen molar-refractivity contribution in [2.24, 2.45) is 11.3 Å². The van der Waals surface area contributed by atoms with E-state index < -0.39 is 0 Å². The maximum absolute atomic E-state index is 11.7. The highest BCUT2D eigenvalue weighted by molar-refractivity contribution is 7.99. The summed E-state index contributed by atoms with van der Waals surface area (Å²) < 4.78 is 0. The molecule has 21 heavy (non-hydrogen) atoms. The van der Waals surface area contributed by atoms with Crippen LogP contribution in [-0.2, 0) is 4.79 Å². The summed E-state index contributed by atoms with van der Waals surface area (Å²) in [7, 11) is 0. The average molecular weight is 304 g/mol. The van der Waals surface area contributed by atoms with Gasteiger partial charge in [-0.15, -0.1) is 0 Å². The standard InChI is InChI=1S/C17H24N2OS/c1-17(2)9-15(10-21-11-17)18-13-5-7-14(8-6-13)19-16(20)12-3-4-12/h5-8,12,15,18H,3-4,9-11H2,1-2H3,(H,19,20). The molecule has 0 bridgehead atoms. The van der Waals surface area contributed by atoms with Gasteiger partial charge in [0.1, 0.15) is 0 Å². The van der Waals surface area contributed by atoms with Crippen LogP contribution in [0.3, 0.4) is 0 Å². The molecule has 114 valence electrons. The molecule has 2 aliphatic rings. The Morgan fingerprint density at radius 3 is 2.48 bits per heavy atom. The number of carbonyl (C=O) groups excluding carboxylic acids is 1. The van der Waals surface area contributed by atoms with Gasteiger partial charge < -0.3 is 10.6 Å². The highest BCUT2D eigenvalue weighted by Gasteiger charge is 2.30. The molecule has 4 heteroatoms. The summed E-state index contributed by atoms with van der Waals surface area (Å²) >= 11 is 2.03. The SMILES string of the molecule is CC1(C)CSCC(Nc2ccc(NC(=O)C3CC3)cc2)C1. The van der Waals surface area contributed by atoms with Crippen molar-refractivity contribution >= 4 is 29.0 Å². The van der Waals surface area contributed by atoms with Gasteiger partial charge in [-0.3, -0.25) is 4.79 Å². The molecule has 1 aliphatic carbocycles. The molecule has 1 unspecified atom stereocenters. The molecule has 1 aliphatic heterocycles. The van der Waals surface area contributed by atoms with E-state index >= 15 is 0 Å². The van der Waals surface area contributed by atoms with Gasteiger partial charge in [-0.05, 0) is 54.7 Å². The lowest BCUT2D eigenvalue weighted by Gasteiger charge is -2.35. The van der Waals surface area contributed by atoms with Gasteiger partial charge in [0, 0.05) is 29.1 Å². The molecular formula is C17H24N2OS. The third kappa shape index (κ3) is 4.16. The number of rotatable bonds is 4. The van der Waals surface area contributed by atoms with Crippen LogP contribution in [0.2, 0.25) is 0 Å². The molecule has 0 aromatic heterocycles. The van der Waals surface area contributed by atoms with Crippen molar-refractivity contribution < 1.29 is 4.79 Å². The fourth-order valence-electron chi connectivity index (χ4n) is 2.83. The number of hydrogen-bond donors (Lipinski definition) is 2. The fourth-order valence-corrected chi connectivity index (χ4v) is 4.10. The molecule has 3 rings (SSSR count). The number of thioether (sulfide) groups is 1. The van der Waals surface area contributed by atoms with Crippen LogP contribution in [0.25, 0.3) is 0 Å². The van der Waals surface area contributed by atoms with Crippen molar-refractivity contribution in [3.05, 3.63) is 24.3 Å². The summed E-state index contributed by atoms with van der Waals surface area (Å²) in [6.07, 6.45) is 3.29. The summed E-state index contributed by atoms with van der Waals surface area (Å²) in [4.78, 5) is 11.7. The predicted octanol–water partition coefficient (Wildman–Crippen LogP) is 3.98. The summed E-state index contributed by atoms with van der Waals surface area (Å²) in [5.74, 6) is 2.84. The Kier molecular flexibility index (Phi) is 4.16. The molecular weight excluding hydrogens is 280 g/mol. The minimum absolute atomic E-state index is 0.168. The van der Waals surface area contributed by atoms with Gasteiger partial charge in [0.15, 0.2) is 0 Å². The van der Waals surface area contributed by atoms with Crippen molar-refractivity contribution in [3.8, 4) is 0 Å². The van der Waals surface area contributed by atoms with Gasteiger partial charge in [-0.2, -0.15) is 11.8 Å². The first-order valence-electron chi connectivity index (χ1n) is 7.77. The summed E-state index contributed by atoms with van der Waals surface area (Å²) in [5.41, 5.74) is 2.46. The zero-order valence-corrected chi connectivity index (χ0v) is 13.6. The zero-order valence-electron chi connectivity index (χ0n) is 12.8.